The minimum Gasteiger partial charge on any atom is -0.505 e. The number of carbonyl (C=O) groups excluding carboxylic acids is 3. The van der Waals surface area contributed by atoms with Gasteiger partial charge in [-0.3, -0.25) is 19.3 Å². The van der Waals surface area contributed by atoms with Crippen molar-refractivity contribution < 1.29 is 19.5 Å². The number of nitrogens with zero attached hydrogens (tertiary/aromatic N) is 5. The van der Waals surface area contributed by atoms with Crippen LogP contribution in [0.5, 0.6) is 5.75 Å². The van der Waals surface area contributed by atoms with Gasteiger partial charge in [0.15, 0.2) is 11.8 Å². The Bertz CT molecular complexity index is 1520. The molecule has 1 fully saturated rings. The number of azo groups is 1. The smallest absolute Gasteiger partial charge is 0.289 e. The summed E-state index contributed by atoms with van der Waals surface area (Å²) in [4.78, 5) is 38.2. The van der Waals surface area contributed by atoms with Crippen molar-refractivity contribution in [2.24, 2.45) is 15.3 Å². The van der Waals surface area contributed by atoms with E-state index in [-0.39, 0.29) is 40.8 Å². The molecule has 1 unspecified atom stereocenters. The van der Waals surface area contributed by atoms with Gasteiger partial charge in [-0.05, 0) is 67.3 Å². The van der Waals surface area contributed by atoms with Crippen molar-refractivity contribution >= 4 is 45.9 Å². The number of phenols is 1. The fraction of sp³-hybridized carbons (Fsp3) is 0.214. The van der Waals surface area contributed by atoms with Crippen LogP contribution in [0.1, 0.15) is 23.6 Å². The van der Waals surface area contributed by atoms with Gasteiger partial charge in [0, 0.05) is 5.56 Å². The lowest BCUT2D eigenvalue weighted by Crippen LogP contribution is -2.29. The second-order valence-electron chi connectivity index (χ2n) is 9.19. The summed E-state index contributed by atoms with van der Waals surface area (Å²) in [7, 11) is 0. The highest BCUT2D eigenvalue weighted by atomic mass is 32.2. The molecule has 192 valence electrons. The van der Waals surface area contributed by atoms with Gasteiger partial charge in [-0.15, -0.1) is 0 Å². The zero-order valence-electron chi connectivity index (χ0n) is 21.1. The number of phenolic OH excluding ortho intramolecular Hbond substituents is 1. The lowest BCUT2D eigenvalue weighted by Gasteiger charge is -2.14. The Labute approximate surface area is 223 Å². The number of hydrogen-bond acceptors (Lipinski definition) is 8. The number of rotatable bonds is 6. The molecule has 0 saturated carbocycles. The Morgan fingerprint density at radius 2 is 1.79 bits per heavy atom. The Balaban J connectivity index is 1.37. The second-order valence-corrected chi connectivity index (χ2v) is 10.1. The molecule has 2 aliphatic heterocycles. The quantitative estimate of drug-likeness (QED) is 0.410. The minimum atomic E-state index is -0.892. The maximum Gasteiger partial charge on any atom is 0.289 e. The highest BCUT2D eigenvalue weighted by molar-refractivity contribution is 8.14. The predicted octanol–water partition coefficient (Wildman–Crippen LogP) is 5.75. The van der Waals surface area contributed by atoms with Crippen LogP contribution in [0.25, 0.3) is 11.1 Å². The Morgan fingerprint density at radius 1 is 1.00 bits per heavy atom. The minimum absolute atomic E-state index is 0.0941. The first-order valence-corrected chi connectivity index (χ1v) is 13.0. The van der Waals surface area contributed by atoms with Crippen molar-refractivity contribution in [2.75, 3.05) is 10.8 Å². The summed E-state index contributed by atoms with van der Waals surface area (Å²) in [5.74, 6) is -0.472. The number of carbonyl (C=O) groups is 3. The predicted molar refractivity (Wildman–Crippen MR) is 147 cm³/mol. The third-order valence-corrected chi connectivity index (χ3v) is 7.40. The van der Waals surface area contributed by atoms with Crippen LogP contribution in [-0.2, 0) is 16.1 Å². The van der Waals surface area contributed by atoms with Gasteiger partial charge in [0.2, 0.25) is 5.91 Å². The first-order valence-electron chi connectivity index (χ1n) is 12.0. The summed E-state index contributed by atoms with van der Waals surface area (Å²) in [6.45, 7) is 5.86. The number of hydrogen-bond donors (Lipinski definition) is 1. The Morgan fingerprint density at radius 3 is 2.53 bits per heavy atom. The van der Waals surface area contributed by atoms with E-state index in [0.29, 0.717) is 22.5 Å². The van der Waals surface area contributed by atoms with E-state index in [1.165, 1.54) is 9.91 Å². The molecule has 38 heavy (non-hydrogen) atoms. The van der Waals surface area contributed by atoms with Gasteiger partial charge in [-0.25, -0.2) is 0 Å². The largest absolute Gasteiger partial charge is 0.505 e. The van der Waals surface area contributed by atoms with E-state index >= 15 is 0 Å². The molecule has 1 saturated heterocycles. The molecule has 2 heterocycles. The number of imide groups is 1. The van der Waals surface area contributed by atoms with Crippen LogP contribution in [0.4, 0.5) is 16.2 Å². The third-order valence-electron chi connectivity index (χ3n) is 6.55. The summed E-state index contributed by atoms with van der Waals surface area (Å²) < 4.78 is 0. The van der Waals surface area contributed by atoms with Crippen molar-refractivity contribution in [3.8, 4) is 16.9 Å². The first-order chi connectivity index (χ1) is 18.2. The number of thioether (sulfide) groups is 1. The van der Waals surface area contributed by atoms with Crippen molar-refractivity contribution in [3.05, 3.63) is 77.4 Å². The molecule has 0 radical (unpaired) electrons. The van der Waals surface area contributed by atoms with Crippen LogP contribution in [-0.4, -0.2) is 44.6 Å². The summed E-state index contributed by atoms with van der Waals surface area (Å²) >= 11 is 0.993. The van der Waals surface area contributed by atoms with Crippen molar-refractivity contribution in [1.29, 1.82) is 0 Å². The molecule has 9 nitrogen and oxygen atoms in total. The molecule has 1 atom stereocenters. The molecule has 0 aliphatic carbocycles. The molecule has 0 spiro atoms. The molecule has 2 aliphatic rings. The summed E-state index contributed by atoms with van der Waals surface area (Å²) in [6.07, 6.45) is 0. The van der Waals surface area contributed by atoms with E-state index in [0.717, 1.165) is 28.5 Å². The van der Waals surface area contributed by atoms with Crippen LogP contribution < -0.4 is 5.01 Å². The number of anilines is 1. The third kappa shape index (κ3) is 4.82. The maximum absolute atomic E-state index is 13.1. The van der Waals surface area contributed by atoms with E-state index < -0.39 is 6.04 Å². The number of hydrazone groups is 1. The van der Waals surface area contributed by atoms with Crippen LogP contribution in [0, 0.1) is 13.8 Å². The molecule has 0 bridgehead atoms. The molecule has 5 rings (SSSR count). The highest BCUT2D eigenvalue weighted by Gasteiger charge is 2.35. The van der Waals surface area contributed by atoms with Gasteiger partial charge in [0.05, 0.1) is 23.7 Å². The normalized spacial score (nSPS) is 17.7. The molecule has 3 aromatic rings. The zero-order chi connectivity index (χ0) is 27.0. The van der Waals surface area contributed by atoms with E-state index in [9.17, 15) is 19.5 Å². The number of amides is 3. The monoisotopic (exact) mass is 527 g/mol. The standard InChI is InChI=1S/C28H25N5O4S/c1-16-10-11-21(12-17(16)2)33-27(36)25(18(3)31-33)30-29-23-9-5-8-22(26(23)35)20-7-4-6-19(13-20)14-32-24(34)15-38-28(32)37/h4-13,25,35H,14-15H2,1-3H3. The van der Waals surface area contributed by atoms with Crippen LogP contribution in [0.3, 0.4) is 0 Å². The molecule has 10 heteroatoms. The number of para-hydroxylation sites is 1. The van der Waals surface area contributed by atoms with Gasteiger partial charge in [0.25, 0.3) is 11.1 Å². The number of benzene rings is 3. The van der Waals surface area contributed by atoms with E-state index in [1.54, 1.807) is 31.2 Å². The van der Waals surface area contributed by atoms with E-state index in [2.05, 4.69) is 15.3 Å². The lowest BCUT2D eigenvalue weighted by atomic mass is 10.0. The SMILES string of the molecule is CC1=NN(c2ccc(C)c(C)c2)C(=O)C1N=Nc1cccc(-c2cccc(CN3C(=O)CSC3=O)c2)c1O. The zero-order valence-corrected chi connectivity index (χ0v) is 21.9. The first kappa shape index (κ1) is 25.3. The van der Waals surface area contributed by atoms with E-state index in [4.69, 9.17) is 0 Å². The van der Waals surface area contributed by atoms with Crippen molar-refractivity contribution in [2.45, 2.75) is 33.4 Å². The topological polar surface area (TPSA) is 115 Å². The van der Waals surface area contributed by atoms with Gasteiger partial charge < -0.3 is 5.11 Å². The lowest BCUT2D eigenvalue weighted by molar-refractivity contribution is -0.125. The fourth-order valence-electron chi connectivity index (χ4n) is 4.25. The van der Waals surface area contributed by atoms with Gasteiger partial charge in [0.1, 0.15) is 5.69 Å². The molecule has 0 aromatic heterocycles. The van der Waals surface area contributed by atoms with Crippen molar-refractivity contribution in [1.82, 2.24) is 4.90 Å². The fourth-order valence-corrected chi connectivity index (χ4v) is 4.98. The Hall–Kier alpha value is -4.31. The number of aromatic hydroxyl groups is 1. The highest BCUT2D eigenvalue weighted by Crippen LogP contribution is 2.38. The summed E-state index contributed by atoms with van der Waals surface area (Å²) in [5, 5.41) is 24.9. The summed E-state index contributed by atoms with van der Waals surface area (Å²) in [5.41, 5.74) is 5.51. The van der Waals surface area contributed by atoms with Gasteiger partial charge >= 0.3 is 0 Å². The number of aryl methyl sites for hydroxylation is 2. The molecule has 3 aromatic carbocycles. The second kappa shape index (κ2) is 10.2. The van der Waals surface area contributed by atoms with E-state index in [1.807, 2.05) is 50.2 Å². The summed E-state index contributed by atoms with van der Waals surface area (Å²) in [6, 6.07) is 17.1. The molecule has 3 amide bonds. The molecular formula is C28H25N5O4S. The average molecular weight is 528 g/mol. The molecular weight excluding hydrogens is 502 g/mol. The van der Waals surface area contributed by atoms with Crippen LogP contribution in [0.15, 0.2) is 76.0 Å². The van der Waals surface area contributed by atoms with Crippen LogP contribution in [0.2, 0.25) is 0 Å². The molecule has 1 N–H and O–H groups in total. The van der Waals surface area contributed by atoms with Gasteiger partial charge in [-0.1, -0.05) is 48.2 Å². The van der Waals surface area contributed by atoms with Crippen LogP contribution >= 0.6 is 11.8 Å². The van der Waals surface area contributed by atoms with Crippen molar-refractivity contribution in [3.63, 3.8) is 0 Å². The van der Waals surface area contributed by atoms with Gasteiger partial charge in [-0.2, -0.15) is 20.3 Å². The Kier molecular flexibility index (Phi) is 6.81. The maximum atomic E-state index is 13.1. The average Bonchev–Trinajstić information content (AvgIpc) is 3.37.